The second-order valence-electron chi connectivity index (χ2n) is 5.41. The first-order valence-electron chi connectivity index (χ1n) is 6.38. The molecule has 0 saturated carbocycles. The molecule has 108 valence electrons. The number of carbonyl (C=O) groups excluding carboxylic acids is 2. The summed E-state index contributed by atoms with van der Waals surface area (Å²) in [5.74, 6) is -1.16. The molecule has 0 aromatic carbocycles. The molecule has 2 aliphatic heterocycles. The van der Waals surface area contributed by atoms with Crippen LogP contribution in [0.5, 0.6) is 0 Å². The lowest BCUT2D eigenvalue weighted by Gasteiger charge is -2.42. The number of piperazine rings is 1. The van der Waals surface area contributed by atoms with E-state index in [0.29, 0.717) is 13.1 Å². The van der Waals surface area contributed by atoms with Crippen molar-refractivity contribution < 1.29 is 18.0 Å². The monoisotopic (exact) mass is 289 g/mol. The Morgan fingerprint density at radius 2 is 1.68 bits per heavy atom. The van der Waals surface area contributed by atoms with E-state index < -0.39 is 27.6 Å². The highest BCUT2D eigenvalue weighted by Gasteiger charge is 2.49. The van der Waals surface area contributed by atoms with Crippen molar-refractivity contribution in [2.45, 2.75) is 38.6 Å². The third kappa shape index (κ3) is 2.52. The molecule has 0 spiro atoms. The van der Waals surface area contributed by atoms with Crippen LogP contribution in [-0.4, -0.2) is 54.0 Å². The third-order valence-electron chi connectivity index (χ3n) is 3.64. The molecular formula is C11H19N3O4S. The minimum absolute atomic E-state index is 0.308. The molecule has 0 aromatic heterocycles. The van der Waals surface area contributed by atoms with Crippen molar-refractivity contribution in [1.82, 2.24) is 13.9 Å². The normalized spacial score (nSPS) is 26.2. The molecule has 0 unspecified atom stereocenters. The van der Waals surface area contributed by atoms with Crippen LogP contribution in [0.15, 0.2) is 0 Å². The van der Waals surface area contributed by atoms with Gasteiger partial charge in [-0.15, -0.1) is 0 Å². The second kappa shape index (κ2) is 4.84. The van der Waals surface area contributed by atoms with Gasteiger partial charge in [-0.25, -0.2) is 0 Å². The molecule has 2 heterocycles. The largest absolute Gasteiger partial charge is 0.294 e. The van der Waals surface area contributed by atoms with Crippen LogP contribution < -0.4 is 5.32 Å². The van der Waals surface area contributed by atoms with Crippen molar-refractivity contribution >= 4 is 22.0 Å². The summed E-state index contributed by atoms with van der Waals surface area (Å²) < 4.78 is 27.5. The average Bonchev–Trinajstić information content (AvgIpc) is 2.35. The number of piperidine rings is 1. The summed E-state index contributed by atoms with van der Waals surface area (Å²) in [6.45, 7) is 3.61. The van der Waals surface area contributed by atoms with Gasteiger partial charge >= 0.3 is 0 Å². The van der Waals surface area contributed by atoms with E-state index in [4.69, 9.17) is 0 Å². The summed E-state index contributed by atoms with van der Waals surface area (Å²) in [6.07, 6.45) is 2.64. The van der Waals surface area contributed by atoms with Gasteiger partial charge < -0.3 is 0 Å². The smallest absolute Gasteiger partial charge is 0.283 e. The van der Waals surface area contributed by atoms with Crippen LogP contribution in [-0.2, 0) is 19.8 Å². The van der Waals surface area contributed by atoms with E-state index in [1.807, 2.05) is 0 Å². The third-order valence-corrected chi connectivity index (χ3v) is 5.80. The van der Waals surface area contributed by atoms with E-state index >= 15 is 0 Å². The van der Waals surface area contributed by atoms with E-state index in [1.54, 1.807) is 0 Å². The van der Waals surface area contributed by atoms with E-state index in [1.165, 1.54) is 18.2 Å². The fourth-order valence-corrected chi connectivity index (χ4v) is 4.30. The molecule has 7 nitrogen and oxygen atoms in total. The van der Waals surface area contributed by atoms with Crippen molar-refractivity contribution in [3.8, 4) is 0 Å². The van der Waals surface area contributed by atoms with E-state index in [2.05, 4.69) is 5.32 Å². The molecule has 0 aromatic rings. The van der Waals surface area contributed by atoms with Crippen molar-refractivity contribution in [2.24, 2.45) is 0 Å². The van der Waals surface area contributed by atoms with Gasteiger partial charge in [0.25, 0.3) is 10.2 Å². The van der Waals surface area contributed by atoms with Crippen LogP contribution >= 0.6 is 0 Å². The topological polar surface area (TPSA) is 86.8 Å². The van der Waals surface area contributed by atoms with E-state index in [9.17, 15) is 18.0 Å². The fraction of sp³-hybridized carbons (Fsp3) is 0.818. The number of hydrogen-bond donors (Lipinski definition) is 1. The first-order chi connectivity index (χ1) is 8.76. The van der Waals surface area contributed by atoms with Gasteiger partial charge in [0, 0.05) is 13.1 Å². The van der Waals surface area contributed by atoms with Crippen LogP contribution in [0.2, 0.25) is 0 Å². The summed E-state index contributed by atoms with van der Waals surface area (Å²) in [6, 6.07) is 0. The molecule has 0 radical (unpaired) electrons. The highest BCUT2D eigenvalue weighted by atomic mass is 32.2. The summed E-state index contributed by atoms with van der Waals surface area (Å²) in [5.41, 5.74) is -1.25. The van der Waals surface area contributed by atoms with Crippen molar-refractivity contribution in [3.63, 3.8) is 0 Å². The van der Waals surface area contributed by atoms with Crippen LogP contribution in [0.1, 0.15) is 33.1 Å². The second-order valence-corrected chi connectivity index (χ2v) is 7.26. The van der Waals surface area contributed by atoms with Gasteiger partial charge in [-0.05, 0) is 26.7 Å². The lowest BCUT2D eigenvalue weighted by Crippen LogP contribution is -2.67. The van der Waals surface area contributed by atoms with Crippen LogP contribution in [0, 0.1) is 0 Å². The molecule has 2 saturated heterocycles. The Hall–Kier alpha value is -0.990. The van der Waals surface area contributed by atoms with Gasteiger partial charge in [0.15, 0.2) is 0 Å². The maximum atomic E-state index is 12.6. The summed E-state index contributed by atoms with van der Waals surface area (Å²) in [7, 11) is -3.77. The highest BCUT2D eigenvalue weighted by molar-refractivity contribution is 7.86. The molecule has 2 fully saturated rings. The lowest BCUT2D eigenvalue weighted by atomic mass is 10.0. The maximum Gasteiger partial charge on any atom is 0.283 e. The zero-order valence-corrected chi connectivity index (χ0v) is 12.0. The molecule has 2 rings (SSSR count). The number of hydrogen-bond acceptors (Lipinski definition) is 4. The zero-order valence-electron chi connectivity index (χ0n) is 11.2. The Kier molecular flexibility index (Phi) is 3.67. The Bertz CT molecular complexity index is 494. The van der Waals surface area contributed by atoms with Gasteiger partial charge in [0.1, 0.15) is 5.54 Å². The molecular weight excluding hydrogens is 270 g/mol. The zero-order chi connectivity index (χ0) is 14.3. The van der Waals surface area contributed by atoms with Gasteiger partial charge in [0.2, 0.25) is 11.8 Å². The maximum absolute atomic E-state index is 12.6. The predicted molar refractivity (Wildman–Crippen MR) is 68.3 cm³/mol. The number of amides is 2. The standard InChI is InChI=1S/C11H19N3O4S/c1-11(2)10(16)12-9(15)8-14(11)19(17,18)13-6-4-3-5-7-13/h3-8H2,1-2H3,(H,12,15,16). The van der Waals surface area contributed by atoms with Crippen LogP contribution in [0.4, 0.5) is 0 Å². The minimum Gasteiger partial charge on any atom is -0.294 e. The number of imide groups is 1. The first-order valence-corrected chi connectivity index (χ1v) is 7.78. The number of rotatable bonds is 2. The first kappa shape index (κ1) is 14.4. The van der Waals surface area contributed by atoms with E-state index in [-0.39, 0.29) is 6.54 Å². The number of nitrogens with one attached hydrogen (secondary N) is 1. The summed E-state index contributed by atoms with van der Waals surface area (Å²) >= 11 is 0. The van der Waals surface area contributed by atoms with Crippen molar-refractivity contribution in [3.05, 3.63) is 0 Å². The van der Waals surface area contributed by atoms with Gasteiger partial charge in [-0.3, -0.25) is 14.9 Å². The van der Waals surface area contributed by atoms with Crippen molar-refractivity contribution in [1.29, 1.82) is 0 Å². The predicted octanol–water partition coefficient (Wildman–Crippen LogP) is -0.546. The molecule has 0 bridgehead atoms. The van der Waals surface area contributed by atoms with Crippen molar-refractivity contribution in [2.75, 3.05) is 19.6 Å². The molecule has 0 aliphatic carbocycles. The molecule has 8 heteroatoms. The van der Waals surface area contributed by atoms with Gasteiger partial charge in [0.05, 0.1) is 6.54 Å². The minimum atomic E-state index is -3.77. The molecule has 0 atom stereocenters. The van der Waals surface area contributed by atoms with Gasteiger partial charge in [-0.1, -0.05) is 6.42 Å². The number of carbonyl (C=O) groups is 2. The fourth-order valence-electron chi connectivity index (χ4n) is 2.37. The SMILES string of the molecule is CC1(C)C(=O)NC(=O)CN1S(=O)(=O)N1CCCCC1. The quantitative estimate of drug-likeness (QED) is 0.691. The summed E-state index contributed by atoms with van der Waals surface area (Å²) in [5, 5.41) is 2.17. The Morgan fingerprint density at radius 1 is 1.11 bits per heavy atom. The highest BCUT2D eigenvalue weighted by Crippen LogP contribution is 2.26. The Balaban J connectivity index is 2.31. The van der Waals surface area contributed by atoms with E-state index in [0.717, 1.165) is 23.6 Å². The lowest BCUT2D eigenvalue weighted by molar-refractivity contribution is -0.141. The van der Waals surface area contributed by atoms with Crippen LogP contribution in [0.25, 0.3) is 0 Å². The van der Waals surface area contributed by atoms with Crippen LogP contribution in [0.3, 0.4) is 0 Å². The molecule has 1 N–H and O–H groups in total. The molecule has 2 amide bonds. The Morgan fingerprint density at radius 3 is 2.26 bits per heavy atom. The molecule has 2 aliphatic rings. The number of nitrogens with zero attached hydrogens (tertiary/aromatic N) is 2. The Labute approximate surface area is 113 Å². The molecule has 19 heavy (non-hydrogen) atoms. The van der Waals surface area contributed by atoms with Gasteiger partial charge in [-0.2, -0.15) is 17.0 Å². The average molecular weight is 289 g/mol. The summed E-state index contributed by atoms with van der Waals surface area (Å²) in [4.78, 5) is 23.3.